The number of nitrogens with one attached hydrogen (secondary N) is 3. The molecule has 180 valence electrons. The van der Waals surface area contributed by atoms with Gasteiger partial charge >= 0.3 is 0 Å². The highest BCUT2D eigenvalue weighted by atomic mass is 16.5. The Morgan fingerprint density at radius 3 is 2.55 bits per heavy atom. The molecule has 0 bridgehead atoms. The molecule has 1 aliphatic carbocycles. The number of rotatable bonds is 9. The number of methoxy groups -OCH3 is 1. The van der Waals surface area contributed by atoms with E-state index in [0.29, 0.717) is 40.7 Å². The second-order valence-corrected chi connectivity index (χ2v) is 7.89. The molecule has 2 aromatic heterocycles. The van der Waals surface area contributed by atoms with E-state index < -0.39 is 0 Å². The van der Waals surface area contributed by atoms with Crippen molar-refractivity contribution < 1.29 is 14.3 Å². The Morgan fingerprint density at radius 1 is 1.33 bits per heavy atom. The molecule has 3 N–H and O–H groups in total. The van der Waals surface area contributed by atoms with Crippen LogP contribution in [-0.2, 0) is 9.53 Å². The predicted octanol–water partition coefficient (Wildman–Crippen LogP) is 2.66. The summed E-state index contributed by atoms with van der Waals surface area (Å²) in [5.41, 5.74) is 1.10. The molecule has 0 radical (unpaired) electrons. The van der Waals surface area contributed by atoms with Crippen molar-refractivity contribution in [1.29, 1.82) is 0 Å². The first-order valence-electron chi connectivity index (χ1n) is 11.0. The topological polar surface area (TPSA) is 113 Å². The van der Waals surface area contributed by atoms with Gasteiger partial charge in [-0.2, -0.15) is 9.61 Å². The first-order valence-corrected chi connectivity index (χ1v) is 11.0. The SMILES string of the molecule is CNC(=O)c1cnn2c(NC)cc(N/C(C=O)=C/C=C\N(C)C3CCC3)nc12.COC(C)C. The van der Waals surface area contributed by atoms with Gasteiger partial charge in [0.05, 0.1) is 18.0 Å². The van der Waals surface area contributed by atoms with Crippen molar-refractivity contribution in [3.63, 3.8) is 0 Å². The molecule has 0 spiro atoms. The van der Waals surface area contributed by atoms with Gasteiger partial charge in [0.25, 0.3) is 5.91 Å². The Bertz CT molecular complexity index is 993. The van der Waals surface area contributed by atoms with Crippen molar-refractivity contribution in [1.82, 2.24) is 24.8 Å². The van der Waals surface area contributed by atoms with Crippen molar-refractivity contribution in [2.45, 2.75) is 45.3 Å². The largest absolute Gasteiger partial charge is 0.382 e. The normalized spacial score (nSPS) is 14.0. The number of carbonyl (C=O) groups excluding carboxylic acids is 2. The van der Waals surface area contributed by atoms with Crippen LogP contribution in [0, 0.1) is 0 Å². The van der Waals surface area contributed by atoms with Gasteiger partial charge in [-0.05, 0) is 51.5 Å². The first-order chi connectivity index (χ1) is 15.8. The molecule has 33 heavy (non-hydrogen) atoms. The van der Waals surface area contributed by atoms with Gasteiger partial charge in [0.2, 0.25) is 0 Å². The maximum Gasteiger partial charge on any atom is 0.256 e. The minimum absolute atomic E-state index is 0.283. The van der Waals surface area contributed by atoms with Crippen LogP contribution in [0.5, 0.6) is 0 Å². The molecule has 3 rings (SSSR count). The van der Waals surface area contributed by atoms with Crippen molar-refractivity contribution in [3.8, 4) is 0 Å². The van der Waals surface area contributed by atoms with Crippen LogP contribution in [0.25, 0.3) is 5.65 Å². The molecular weight excluding hydrogens is 422 g/mol. The van der Waals surface area contributed by atoms with Crippen LogP contribution in [-0.4, -0.2) is 72.1 Å². The highest BCUT2D eigenvalue weighted by Gasteiger charge is 2.19. The minimum Gasteiger partial charge on any atom is -0.382 e. The summed E-state index contributed by atoms with van der Waals surface area (Å²) in [6.07, 6.45) is 11.8. The fraction of sp³-hybridized carbons (Fsp3) is 0.478. The van der Waals surface area contributed by atoms with E-state index in [1.165, 1.54) is 30.0 Å². The van der Waals surface area contributed by atoms with E-state index in [1.54, 1.807) is 33.3 Å². The molecule has 2 aromatic rings. The summed E-state index contributed by atoms with van der Waals surface area (Å²) in [5.74, 6) is 0.782. The van der Waals surface area contributed by atoms with Crippen molar-refractivity contribution in [2.75, 3.05) is 38.9 Å². The Hall–Kier alpha value is -3.40. The van der Waals surface area contributed by atoms with Gasteiger partial charge in [0, 0.05) is 40.4 Å². The highest BCUT2D eigenvalue weighted by Crippen LogP contribution is 2.23. The molecule has 2 heterocycles. The summed E-state index contributed by atoms with van der Waals surface area (Å²) >= 11 is 0. The maximum absolute atomic E-state index is 12.0. The molecule has 1 fully saturated rings. The van der Waals surface area contributed by atoms with Gasteiger partial charge in [-0.25, -0.2) is 4.98 Å². The third-order valence-electron chi connectivity index (χ3n) is 5.32. The fourth-order valence-electron chi connectivity index (χ4n) is 2.96. The average Bonchev–Trinajstić information content (AvgIpc) is 3.20. The number of allylic oxidation sites excluding steroid dienone is 3. The van der Waals surface area contributed by atoms with E-state index in [-0.39, 0.29) is 5.91 Å². The van der Waals surface area contributed by atoms with Gasteiger partial charge in [-0.15, -0.1) is 0 Å². The number of fused-ring (bicyclic) bond motifs is 1. The number of aldehydes is 1. The van der Waals surface area contributed by atoms with Crippen molar-refractivity contribution in [2.24, 2.45) is 0 Å². The van der Waals surface area contributed by atoms with E-state index in [2.05, 4.69) is 30.9 Å². The van der Waals surface area contributed by atoms with Crippen LogP contribution in [0.4, 0.5) is 11.6 Å². The summed E-state index contributed by atoms with van der Waals surface area (Å²) in [6.45, 7) is 4.00. The quantitative estimate of drug-likeness (QED) is 0.299. The molecule has 0 unspecified atom stereocenters. The molecule has 1 saturated carbocycles. The number of anilines is 2. The molecule has 0 atom stereocenters. The number of amides is 1. The standard InChI is InChI=1S/C19H25N7O2.C4H10O/c1-20-17-10-16(24-18-15(19(28)21-2)11-22-26(17)18)23-13(12-27)6-5-9-25(3)14-7-4-8-14;1-4(2)5-3/h5-6,9-12,14,20H,4,7-8H2,1-3H3,(H,21,28)(H,23,24);4H,1-3H3/b9-5-,13-6+;. The summed E-state index contributed by atoms with van der Waals surface area (Å²) in [6, 6.07) is 2.30. The average molecular weight is 458 g/mol. The van der Waals surface area contributed by atoms with Gasteiger partial charge < -0.3 is 25.6 Å². The van der Waals surface area contributed by atoms with Crippen LogP contribution in [0.15, 0.2) is 36.3 Å². The maximum atomic E-state index is 12.0. The Labute approximate surface area is 195 Å². The zero-order valence-corrected chi connectivity index (χ0v) is 20.3. The van der Waals surface area contributed by atoms with Crippen LogP contribution >= 0.6 is 0 Å². The lowest BCUT2D eigenvalue weighted by atomic mass is 9.92. The third-order valence-corrected chi connectivity index (χ3v) is 5.32. The number of hydrogen-bond donors (Lipinski definition) is 3. The lowest BCUT2D eigenvalue weighted by Gasteiger charge is -2.33. The Morgan fingerprint density at radius 2 is 2.03 bits per heavy atom. The van der Waals surface area contributed by atoms with Gasteiger partial charge in [-0.3, -0.25) is 9.59 Å². The van der Waals surface area contributed by atoms with E-state index in [9.17, 15) is 9.59 Å². The van der Waals surface area contributed by atoms with Gasteiger partial charge in [-0.1, -0.05) is 0 Å². The molecule has 0 aliphatic heterocycles. The smallest absolute Gasteiger partial charge is 0.256 e. The second-order valence-electron chi connectivity index (χ2n) is 7.89. The molecule has 10 nitrogen and oxygen atoms in total. The number of aromatic nitrogens is 3. The summed E-state index contributed by atoms with van der Waals surface area (Å²) in [7, 11) is 7.03. The van der Waals surface area contributed by atoms with Crippen LogP contribution in [0.2, 0.25) is 0 Å². The van der Waals surface area contributed by atoms with Crippen LogP contribution in [0.3, 0.4) is 0 Å². The predicted molar refractivity (Wildman–Crippen MR) is 130 cm³/mol. The molecule has 0 saturated heterocycles. The molecule has 1 aliphatic rings. The minimum atomic E-state index is -0.283. The zero-order valence-electron chi connectivity index (χ0n) is 20.3. The van der Waals surface area contributed by atoms with E-state index in [0.717, 1.165) is 6.29 Å². The van der Waals surface area contributed by atoms with Gasteiger partial charge in [0.15, 0.2) is 11.9 Å². The number of nitrogens with zero attached hydrogens (tertiary/aromatic N) is 4. The van der Waals surface area contributed by atoms with Crippen molar-refractivity contribution in [3.05, 3.63) is 41.9 Å². The van der Waals surface area contributed by atoms with E-state index in [4.69, 9.17) is 4.74 Å². The molecule has 10 heteroatoms. The number of carbonyl (C=O) groups is 2. The summed E-state index contributed by atoms with van der Waals surface area (Å²) < 4.78 is 6.29. The van der Waals surface area contributed by atoms with Crippen LogP contribution in [0.1, 0.15) is 43.5 Å². The Kier molecular flexibility index (Phi) is 9.86. The Balaban J connectivity index is 0.000000696. The number of ether oxygens (including phenoxy) is 1. The zero-order chi connectivity index (χ0) is 24.4. The lowest BCUT2D eigenvalue weighted by Crippen LogP contribution is -2.33. The molecular formula is C23H35N7O3. The van der Waals surface area contributed by atoms with E-state index in [1.807, 2.05) is 33.2 Å². The number of hydrogen-bond acceptors (Lipinski definition) is 8. The van der Waals surface area contributed by atoms with Gasteiger partial charge in [0.1, 0.15) is 17.2 Å². The molecule has 0 aromatic carbocycles. The van der Waals surface area contributed by atoms with Crippen LogP contribution < -0.4 is 16.0 Å². The van der Waals surface area contributed by atoms with E-state index >= 15 is 0 Å². The monoisotopic (exact) mass is 457 g/mol. The molecule has 1 amide bonds. The fourth-order valence-corrected chi connectivity index (χ4v) is 2.96. The van der Waals surface area contributed by atoms with Crippen molar-refractivity contribution >= 4 is 29.5 Å². The highest BCUT2D eigenvalue weighted by molar-refractivity contribution is 6.00. The first kappa shape index (κ1) is 25.9. The second kappa shape index (κ2) is 12.6. The summed E-state index contributed by atoms with van der Waals surface area (Å²) in [4.78, 5) is 30.1. The lowest BCUT2D eigenvalue weighted by molar-refractivity contribution is -0.104. The third kappa shape index (κ3) is 7.04. The summed E-state index contributed by atoms with van der Waals surface area (Å²) in [5, 5.41) is 12.8.